The van der Waals surface area contributed by atoms with Gasteiger partial charge in [-0.1, -0.05) is 48.0 Å². The van der Waals surface area contributed by atoms with Gasteiger partial charge in [0, 0.05) is 34.1 Å². The van der Waals surface area contributed by atoms with Crippen LogP contribution in [0.5, 0.6) is 11.5 Å². The number of benzene rings is 2. The fourth-order valence-electron chi connectivity index (χ4n) is 4.58. The molecule has 0 bridgehead atoms. The molecule has 0 aromatic heterocycles. The zero-order valence-corrected chi connectivity index (χ0v) is 18.7. The Bertz CT molecular complexity index is 1000. The normalized spacial score (nSPS) is 22.2. The van der Waals surface area contributed by atoms with E-state index in [1.807, 2.05) is 24.3 Å². The minimum atomic E-state index is -0.667. The lowest BCUT2D eigenvalue weighted by Crippen LogP contribution is -2.68. The molecule has 0 spiro atoms. The van der Waals surface area contributed by atoms with Gasteiger partial charge in [0.15, 0.2) is 11.5 Å². The zero-order chi connectivity index (χ0) is 20.8. The van der Waals surface area contributed by atoms with Gasteiger partial charge in [0.1, 0.15) is 5.66 Å². The van der Waals surface area contributed by atoms with Crippen LogP contribution in [0.25, 0.3) is 6.08 Å². The number of para-hydroxylation sites is 1. The molecule has 0 aliphatic carbocycles. The molecule has 4 rings (SSSR count). The first kappa shape index (κ1) is 19.8. The van der Waals surface area contributed by atoms with E-state index in [0.717, 1.165) is 15.7 Å². The highest BCUT2D eigenvalue weighted by atomic mass is 79.9. The van der Waals surface area contributed by atoms with E-state index in [9.17, 15) is 4.79 Å². The number of hydrogen-bond donors (Lipinski definition) is 1. The third kappa shape index (κ3) is 2.92. The van der Waals surface area contributed by atoms with Crippen molar-refractivity contribution in [2.45, 2.75) is 31.3 Å². The molecular weight excluding hydrogens is 432 g/mol. The number of amides is 1. The summed E-state index contributed by atoms with van der Waals surface area (Å²) in [5, 5.41) is 3.30. The van der Waals surface area contributed by atoms with Crippen molar-refractivity contribution in [2.24, 2.45) is 0 Å². The van der Waals surface area contributed by atoms with E-state index in [0.29, 0.717) is 24.5 Å². The van der Waals surface area contributed by atoms with Crippen molar-refractivity contribution in [3.8, 4) is 11.5 Å². The van der Waals surface area contributed by atoms with Crippen molar-refractivity contribution < 1.29 is 14.3 Å². The second kappa shape index (κ2) is 7.10. The molecule has 1 atom stereocenters. The van der Waals surface area contributed by atoms with Gasteiger partial charge < -0.3 is 19.7 Å². The van der Waals surface area contributed by atoms with E-state index in [1.54, 1.807) is 14.2 Å². The molecule has 0 saturated carbocycles. The number of halogens is 1. The van der Waals surface area contributed by atoms with E-state index in [4.69, 9.17) is 9.47 Å². The molecular formula is C23H25BrN2O3. The maximum atomic E-state index is 12.5. The number of ether oxygens (including phenoxy) is 2. The van der Waals surface area contributed by atoms with E-state index < -0.39 is 5.66 Å². The highest BCUT2D eigenvalue weighted by molar-refractivity contribution is 9.10. The molecule has 2 aliphatic heterocycles. The Balaban J connectivity index is 1.86. The quantitative estimate of drug-likeness (QED) is 0.735. The van der Waals surface area contributed by atoms with Crippen molar-refractivity contribution >= 4 is 33.6 Å². The smallest absolute Gasteiger partial charge is 0.223 e. The van der Waals surface area contributed by atoms with Gasteiger partial charge in [-0.05, 0) is 35.9 Å². The number of fused-ring (bicyclic) bond motifs is 3. The van der Waals surface area contributed by atoms with Crippen molar-refractivity contribution in [1.82, 2.24) is 5.32 Å². The van der Waals surface area contributed by atoms with Gasteiger partial charge in [0.25, 0.3) is 0 Å². The summed E-state index contributed by atoms with van der Waals surface area (Å²) in [6.45, 7) is 5.03. The molecule has 152 valence electrons. The standard InChI is InChI=1S/C23H25BrN2O3/c1-22(2)17-14-16(24)8-9-18(17)26-13-11-20(27)25-23(22,26)12-10-15-6-5-7-19(28-3)21(15)29-4/h5-10,12,14H,11,13H2,1-4H3,(H,25,27)/b12-10+/t23-/m0/s1. The predicted octanol–water partition coefficient (Wildman–Crippen LogP) is 4.49. The van der Waals surface area contributed by atoms with E-state index in [1.165, 1.54) is 5.56 Å². The highest BCUT2D eigenvalue weighted by Crippen LogP contribution is 2.53. The SMILES string of the molecule is COc1cccc(/C=C/[C@]23NC(=O)CCN2c2ccc(Br)cc2C3(C)C)c1OC. The second-order valence-corrected chi connectivity index (χ2v) is 8.83. The van der Waals surface area contributed by atoms with Gasteiger partial charge in [-0.25, -0.2) is 0 Å². The Kier molecular flexibility index (Phi) is 4.85. The van der Waals surface area contributed by atoms with Crippen LogP contribution in [0.3, 0.4) is 0 Å². The number of rotatable bonds is 4. The van der Waals surface area contributed by atoms with Crippen LogP contribution < -0.4 is 19.7 Å². The maximum absolute atomic E-state index is 12.5. The summed E-state index contributed by atoms with van der Waals surface area (Å²) in [7, 11) is 3.26. The van der Waals surface area contributed by atoms with Gasteiger partial charge >= 0.3 is 0 Å². The molecule has 2 aromatic carbocycles. The first-order valence-corrected chi connectivity index (χ1v) is 10.4. The number of hydrogen-bond acceptors (Lipinski definition) is 4. The monoisotopic (exact) mass is 456 g/mol. The molecule has 29 heavy (non-hydrogen) atoms. The first-order chi connectivity index (χ1) is 13.8. The Hall–Kier alpha value is -2.47. The van der Waals surface area contributed by atoms with E-state index in [2.05, 4.69) is 64.3 Å². The molecule has 1 amide bonds. The fraction of sp³-hybridized carbons (Fsp3) is 0.348. The Labute approximate surface area is 179 Å². The summed E-state index contributed by atoms with van der Waals surface area (Å²) in [6.07, 6.45) is 4.58. The minimum absolute atomic E-state index is 0.0588. The topological polar surface area (TPSA) is 50.8 Å². The number of carbonyl (C=O) groups excluding carboxylic acids is 1. The van der Waals surface area contributed by atoms with E-state index >= 15 is 0 Å². The molecule has 6 heteroatoms. The zero-order valence-electron chi connectivity index (χ0n) is 17.1. The van der Waals surface area contributed by atoms with Crippen LogP contribution in [0.1, 0.15) is 31.4 Å². The molecule has 2 aliphatic rings. The first-order valence-electron chi connectivity index (χ1n) is 9.63. The Morgan fingerprint density at radius 3 is 2.69 bits per heavy atom. The second-order valence-electron chi connectivity index (χ2n) is 7.92. The molecule has 1 N–H and O–H groups in total. The van der Waals surface area contributed by atoms with Gasteiger partial charge in [-0.2, -0.15) is 0 Å². The predicted molar refractivity (Wildman–Crippen MR) is 119 cm³/mol. The summed E-state index contributed by atoms with van der Waals surface area (Å²) in [4.78, 5) is 14.8. The summed E-state index contributed by atoms with van der Waals surface area (Å²) >= 11 is 3.60. The summed E-state index contributed by atoms with van der Waals surface area (Å²) in [6, 6.07) is 12.1. The van der Waals surface area contributed by atoms with Crippen molar-refractivity contribution in [3.63, 3.8) is 0 Å². The average Bonchev–Trinajstić information content (AvgIpc) is 2.89. The van der Waals surface area contributed by atoms with Gasteiger partial charge in [-0.15, -0.1) is 0 Å². The van der Waals surface area contributed by atoms with Crippen LogP contribution >= 0.6 is 15.9 Å². The summed E-state index contributed by atoms with van der Waals surface area (Å²) in [5.74, 6) is 1.41. The molecule has 0 radical (unpaired) electrons. The van der Waals surface area contributed by atoms with Crippen LogP contribution in [0.2, 0.25) is 0 Å². The van der Waals surface area contributed by atoms with Crippen LogP contribution in [0.4, 0.5) is 5.69 Å². The van der Waals surface area contributed by atoms with Crippen molar-refractivity contribution in [1.29, 1.82) is 0 Å². The summed E-state index contributed by atoms with van der Waals surface area (Å²) < 4.78 is 12.0. The van der Waals surface area contributed by atoms with Crippen LogP contribution in [0, 0.1) is 0 Å². The number of methoxy groups -OCH3 is 2. The Morgan fingerprint density at radius 1 is 1.17 bits per heavy atom. The fourth-order valence-corrected chi connectivity index (χ4v) is 4.94. The summed E-state index contributed by atoms with van der Waals surface area (Å²) in [5.41, 5.74) is 2.25. The number of anilines is 1. The van der Waals surface area contributed by atoms with Crippen LogP contribution in [-0.4, -0.2) is 32.3 Å². The molecule has 1 saturated heterocycles. The largest absolute Gasteiger partial charge is 0.493 e. The third-order valence-corrected chi connectivity index (χ3v) is 6.62. The minimum Gasteiger partial charge on any atom is -0.493 e. The van der Waals surface area contributed by atoms with Crippen molar-refractivity contribution in [2.75, 3.05) is 25.7 Å². The number of carbonyl (C=O) groups is 1. The van der Waals surface area contributed by atoms with Crippen molar-refractivity contribution in [3.05, 3.63) is 58.1 Å². The molecule has 1 fully saturated rings. The van der Waals surface area contributed by atoms with Crippen LogP contribution in [0.15, 0.2) is 46.9 Å². The molecule has 2 aromatic rings. The average molecular weight is 457 g/mol. The maximum Gasteiger partial charge on any atom is 0.223 e. The number of nitrogens with zero attached hydrogens (tertiary/aromatic N) is 1. The van der Waals surface area contributed by atoms with Crippen LogP contribution in [-0.2, 0) is 10.2 Å². The van der Waals surface area contributed by atoms with Gasteiger partial charge in [0.05, 0.1) is 14.2 Å². The van der Waals surface area contributed by atoms with Gasteiger partial charge in [0.2, 0.25) is 5.91 Å². The number of nitrogens with one attached hydrogen (secondary N) is 1. The molecule has 5 nitrogen and oxygen atoms in total. The van der Waals surface area contributed by atoms with Gasteiger partial charge in [-0.3, -0.25) is 4.79 Å². The lowest BCUT2D eigenvalue weighted by atomic mass is 9.74. The molecule has 2 heterocycles. The lowest BCUT2D eigenvalue weighted by molar-refractivity contribution is -0.124. The molecule has 0 unspecified atom stereocenters. The highest BCUT2D eigenvalue weighted by Gasteiger charge is 2.57. The Morgan fingerprint density at radius 2 is 1.97 bits per heavy atom. The van der Waals surface area contributed by atoms with E-state index in [-0.39, 0.29) is 11.3 Å². The third-order valence-electron chi connectivity index (χ3n) is 6.13. The lowest BCUT2D eigenvalue weighted by Gasteiger charge is -2.49.